The first-order valence-electron chi connectivity index (χ1n) is 6.91. The first kappa shape index (κ1) is 18.2. The Morgan fingerprint density at radius 2 is 1.83 bits per heavy atom. The fraction of sp³-hybridized carbons (Fsp3) is 0.357. The number of hydrogen-bond acceptors (Lipinski definition) is 5. The molecule has 0 heterocycles. The van der Waals surface area contributed by atoms with Gasteiger partial charge in [0.1, 0.15) is 11.8 Å². The lowest BCUT2D eigenvalue weighted by molar-refractivity contribution is -0.142. The van der Waals surface area contributed by atoms with E-state index in [1.807, 2.05) is 0 Å². The van der Waals surface area contributed by atoms with Crippen LogP contribution in [0, 0.1) is 0 Å². The number of hydrogen-bond donors (Lipinski definition) is 6. The summed E-state index contributed by atoms with van der Waals surface area (Å²) in [7, 11) is 0. The number of phenolic OH excluding ortho intramolecular Hbond substituents is 1. The number of nitrogens with one attached hydrogen (secondary N) is 1. The van der Waals surface area contributed by atoms with Crippen LogP contribution in [0.2, 0.25) is 0 Å². The number of nitrogens with two attached hydrogens (primary N) is 3. The number of aliphatic imine (C=N–C) groups is 1. The molecule has 0 fully saturated rings. The summed E-state index contributed by atoms with van der Waals surface area (Å²) in [6.45, 7) is 0.173. The molecule has 0 aliphatic heterocycles. The monoisotopic (exact) mass is 323 g/mol. The lowest BCUT2D eigenvalue weighted by Gasteiger charge is -2.17. The predicted octanol–water partition coefficient (Wildman–Crippen LogP) is -1.51. The zero-order valence-electron chi connectivity index (χ0n) is 12.5. The predicted molar refractivity (Wildman–Crippen MR) is 84.6 cm³/mol. The third-order valence-electron chi connectivity index (χ3n) is 3.06. The molecular formula is C14H21N5O4. The highest BCUT2D eigenvalue weighted by Crippen LogP contribution is 2.11. The lowest BCUT2D eigenvalue weighted by atomic mass is 10.1. The molecule has 1 rings (SSSR count). The van der Waals surface area contributed by atoms with Gasteiger partial charge in [0.25, 0.3) is 0 Å². The fourth-order valence-corrected chi connectivity index (χ4v) is 1.81. The maximum Gasteiger partial charge on any atom is 0.326 e. The van der Waals surface area contributed by atoms with Gasteiger partial charge in [-0.1, -0.05) is 12.1 Å². The molecule has 0 saturated heterocycles. The third kappa shape index (κ3) is 6.66. The topological polar surface area (TPSA) is 177 Å². The molecule has 0 saturated carbocycles. The van der Waals surface area contributed by atoms with Crippen LogP contribution in [0.15, 0.2) is 29.3 Å². The maximum absolute atomic E-state index is 11.9. The van der Waals surface area contributed by atoms with Gasteiger partial charge in [-0.2, -0.15) is 0 Å². The largest absolute Gasteiger partial charge is 0.508 e. The van der Waals surface area contributed by atoms with Crippen molar-refractivity contribution in [3.63, 3.8) is 0 Å². The van der Waals surface area contributed by atoms with Crippen molar-refractivity contribution in [2.24, 2.45) is 22.2 Å². The lowest BCUT2D eigenvalue weighted by Crippen LogP contribution is -2.49. The molecular weight excluding hydrogens is 302 g/mol. The summed E-state index contributed by atoms with van der Waals surface area (Å²) < 4.78 is 0. The third-order valence-corrected chi connectivity index (χ3v) is 3.06. The van der Waals surface area contributed by atoms with Crippen molar-refractivity contribution in [1.82, 2.24) is 5.32 Å². The van der Waals surface area contributed by atoms with Crippen LogP contribution in [-0.4, -0.2) is 46.7 Å². The number of phenols is 1. The number of amides is 1. The highest BCUT2D eigenvalue weighted by molar-refractivity contribution is 5.87. The van der Waals surface area contributed by atoms with Crippen molar-refractivity contribution in [2.75, 3.05) is 6.54 Å². The zero-order chi connectivity index (χ0) is 17.4. The molecule has 0 aliphatic rings. The number of carbonyl (C=O) groups is 2. The van der Waals surface area contributed by atoms with Crippen LogP contribution in [0.1, 0.15) is 12.0 Å². The van der Waals surface area contributed by atoms with Crippen molar-refractivity contribution in [3.05, 3.63) is 29.8 Å². The number of aliphatic carboxylic acids is 1. The molecule has 0 unspecified atom stereocenters. The summed E-state index contributed by atoms with van der Waals surface area (Å²) in [4.78, 5) is 26.9. The van der Waals surface area contributed by atoms with E-state index in [4.69, 9.17) is 17.2 Å². The number of carboxylic acid groups (broad SMARTS) is 1. The second kappa shape index (κ2) is 8.59. The van der Waals surface area contributed by atoms with E-state index >= 15 is 0 Å². The van der Waals surface area contributed by atoms with Crippen LogP contribution in [-0.2, 0) is 16.0 Å². The molecule has 2 atom stereocenters. The van der Waals surface area contributed by atoms with E-state index in [2.05, 4.69) is 10.3 Å². The van der Waals surface area contributed by atoms with Gasteiger partial charge in [0.05, 0.1) is 6.04 Å². The summed E-state index contributed by atoms with van der Waals surface area (Å²) in [6, 6.07) is 4.00. The van der Waals surface area contributed by atoms with Gasteiger partial charge in [0.15, 0.2) is 5.96 Å². The van der Waals surface area contributed by atoms with Gasteiger partial charge in [-0.05, 0) is 24.1 Å². The number of carbonyl (C=O) groups excluding carboxylic acids is 1. The molecule has 0 spiro atoms. The fourth-order valence-electron chi connectivity index (χ4n) is 1.81. The van der Waals surface area contributed by atoms with Crippen LogP contribution in [0.25, 0.3) is 0 Å². The molecule has 0 bridgehead atoms. The molecule has 0 radical (unpaired) electrons. The minimum Gasteiger partial charge on any atom is -0.508 e. The van der Waals surface area contributed by atoms with E-state index in [0.717, 1.165) is 0 Å². The molecule has 1 amide bonds. The molecule has 9 heteroatoms. The van der Waals surface area contributed by atoms with E-state index in [1.165, 1.54) is 12.1 Å². The molecule has 9 nitrogen and oxygen atoms in total. The van der Waals surface area contributed by atoms with Gasteiger partial charge in [-0.15, -0.1) is 0 Å². The standard InChI is InChI=1S/C14H21N5O4/c15-10(5-6-18-14(16)17)12(21)19-11(13(22)23)7-8-1-3-9(20)4-2-8/h1-4,10-11,20H,5-7,15H2,(H,19,21)(H,22,23)(H4,16,17,18)/t10-,11-/m0/s1. The summed E-state index contributed by atoms with van der Waals surface area (Å²) in [5.74, 6) is -1.80. The second-order valence-electron chi connectivity index (χ2n) is 4.97. The minimum absolute atomic E-state index is 0.0714. The van der Waals surface area contributed by atoms with Gasteiger partial charge in [0.2, 0.25) is 5.91 Å². The Labute approximate surface area is 133 Å². The van der Waals surface area contributed by atoms with E-state index in [1.54, 1.807) is 12.1 Å². The number of guanidine groups is 1. The quantitative estimate of drug-likeness (QED) is 0.249. The highest BCUT2D eigenvalue weighted by atomic mass is 16.4. The number of carboxylic acids is 1. The summed E-state index contributed by atoms with van der Waals surface area (Å²) in [5, 5.41) is 20.8. The molecule has 0 aliphatic carbocycles. The van der Waals surface area contributed by atoms with Crippen molar-refractivity contribution in [3.8, 4) is 5.75 Å². The van der Waals surface area contributed by atoms with E-state index < -0.39 is 24.0 Å². The maximum atomic E-state index is 11.9. The van der Waals surface area contributed by atoms with Crippen LogP contribution >= 0.6 is 0 Å². The van der Waals surface area contributed by atoms with Gasteiger partial charge in [0, 0.05) is 13.0 Å². The molecule has 0 aromatic heterocycles. The number of benzene rings is 1. The second-order valence-corrected chi connectivity index (χ2v) is 4.97. The first-order valence-corrected chi connectivity index (χ1v) is 6.91. The van der Waals surface area contributed by atoms with E-state index in [9.17, 15) is 19.8 Å². The summed E-state index contributed by atoms with van der Waals surface area (Å²) in [5.41, 5.74) is 16.7. The van der Waals surface area contributed by atoms with Crippen molar-refractivity contribution >= 4 is 17.8 Å². The van der Waals surface area contributed by atoms with Crippen molar-refractivity contribution in [2.45, 2.75) is 24.9 Å². The van der Waals surface area contributed by atoms with Crippen LogP contribution < -0.4 is 22.5 Å². The number of nitrogens with zero attached hydrogens (tertiary/aromatic N) is 1. The smallest absolute Gasteiger partial charge is 0.326 e. The molecule has 1 aromatic rings. The van der Waals surface area contributed by atoms with Crippen molar-refractivity contribution < 1.29 is 19.8 Å². The van der Waals surface area contributed by atoms with Crippen LogP contribution in [0.4, 0.5) is 0 Å². The van der Waals surface area contributed by atoms with E-state index in [0.29, 0.717) is 5.56 Å². The summed E-state index contributed by atoms with van der Waals surface area (Å²) in [6.07, 6.45) is 0.261. The van der Waals surface area contributed by atoms with E-state index in [-0.39, 0.29) is 31.1 Å². The Bertz CT molecular complexity index is 569. The minimum atomic E-state index is -1.18. The molecule has 23 heavy (non-hydrogen) atoms. The molecule has 9 N–H and O–H groups in total. The first-order chi connectivity index (χ1) is 10.8. The van der Waals surface area contributed by atoms with Gasteiger partial charge >= 0.3 is 5.97 Å². The Balaban J connectivity index is 2.61. The number of rotatable bonds is 8. The molecule has 126 valence electrons. The average Bonchev–Trinajstić information content (AvgIpc) is 2.47. The van der Waals surface area contributed by atoms with Gasteiger partial charge in [-0.25, -0.2) is 4.79 Å². The Hall–Kier alpha value is -2.81. The SMILES string of the molecule is NC(N)=NCC[C@H](N)C(=O)N[C@@H](Cc1ccc(O)cc1)C(=O)O. The normalized spacial score (nSPS) is 12.9. The van der Waals surface area contributed by atoms with Gasteiger partial charge in [-0.3, -0.25) is 9.79 Å². The summed E-state index contributed by atoms with van der Waals surface area (Å²) >= 11 is 0. The van der Waals surface area contributed by atoms with Crippen molar-refractivity contribution in [1.29, 1.82) is 0 Å². The Morgan fingerprint density at radius 3 is 2.35 bits per heavy atom. The number of aromatic hydroxyl groups is 1. The Kier molecular flexibility index (Phi) is 6.81. The van der Waals surface area contributed by atoms with Gasteiger partial charge < -0.3 is 32.7 Å². The molecule has 1 aromatic carbocycles. The van der Waals surface area contributed by atoms with Crippen LogP contribution in [0.3, 0.4) is 0 Å². The highest BCUT2D eigenvalue weighted by Gasteiger charge is 2.23. The Morgan fingerprint density at radius 1 is 1.22 bits per heavy atom. The average molecular weight is 323 g/mol. The van der Waals surface area contributed by atoms with Crippen LogP contribution in [0.5, 0.6) is 5.75 Å². The zero-order valence-corrected chi connectivity index (χ0v) is 12.5.